The maximum Gasteiger partial charge on any atom is 0.408 e. The van der Waals surface area contributed by atoms with Gasteiger partial charge in [0.25, 0.3) is 0 Å². The molecule has 2 aliphatic rings. The Labute approximate surface area is 198 Å². The van der Waals surface area contributed by atoms with E-state index in [9.17, 15) is 19.5 Å². The van der Waals surface area contributed by atoms with Gasteiger partial charge >= 0.3 is 12.1 Å². The Morgan fingerprint density at radius 2 is 1.71 bits per heavy atom. The molecule has 0 bridgehead atoms. The lowest BCUT2D eigenvalue weighted by Gasteiger charge is -2.29. The summed E-state index contributed by atoms with van der Waals surface area (Å²) in [5.74, 6) is -1.72. The summed E-state index contributed by atoms with van der Waals surface area (Å²) in [5.41, 5.74) is 3.05. The van der Waals surface area contributed by atoms with Crippen LogP contribution >= 0.6 is 0 Å². The molecule has 3 N–H and O–H groups in total. The monoisotopic (exact) mass is 466 g/mol. The van der Waals surface area contributed by atoms with E-state index >= 15 is 0 Å². The van der Waals surface area contributed by atoms with Gasteiger partial charge in [-0.1, -0.05) is 62.4 Å². The van der Waals surface area contributed by atoms with Crippen molar-refractivity contribution >= 4 is 18.0 Å². The summed E-state index contributed by atoms with van der Waals surface area (Å²) in [5, 5.41) is 14.7. The molecule has 8 heteroatoms. The maximum atomic E-state index is 13.1. The molecule has 2 atom stereocenters. The van der Waals surface area contributed by atoms with Crippen molar-refractivity contribution in [1.29, 1.82) is 0 Å². The van der Waals surface area contributed by atoms with E-state index in [2.05, 4.69) is 22.8 Å². The molecule has 0 saturated carbocycles. The Morgan fingerprint density at radius 1 is 1.09 bits per heavy atom. The van der Waals surface area contributed by atoms with Gasteiger partial charge < -0.3 is 25.2 Å². The van der Waals surface area contributed by atoms with Crippen LogP contribution < -0.4 is 10.6 Å². The summed E-state index contributed by atoms with van der Waals surface area (Å²) in [6.45, 7) is 4.11. The molecular weight excluding hydrogens is 436 g/mol. The Morgan fingerprint density at radius 3 is 2.24 bits per heavy atom. The number of aliphatic carboxylic acids is 1. The number of carboxylic acids is 1. The molecule has 34 heavy (non-hydrogen) atoms. The molecule has 1 unspecified atom stereocenters. The summed E-state index contributed by atoms with van der Waals surface area (Å²) in [6, 6.07) is 15.0. The molecule has 0 aromatic heterocycles. The Hall–Kier alpha value is -3.39. The fraction of sp³-hybridized carbons (Fsp3) is 0.423. The van der Waals surface area contributed by atoms with Crippen LogP contribution in [0, 0.1) is 5.92 Å². The number of carbonyl (C=O) groups excluding carboxylic acids is 2. The maximum absolute atomic E-state index is 13.1. The van der Waals surface area contributed by atoms with Crippen molar-refractivity contribution in [3.05, 3.63) is 59.7 Å². The molecule has 1 fully saturated rings. The van der Waals surface area contributed by atoms with Crippen LogP contribution in [0.25, 0.3) is 11.1 Å². The first kappa shape index (κ1) is 23.8. The quantitative estimate of drug-likeness (QED) is 0.550. The number of hydrogen-bond donors (Lipinski definition) is 3. The Balaban J connectivity index is 1.44. The minimum atomic E-state index is -1.37. The number of hydrogen-bond acceptors (Lipinski definition) is 5. The van der Waals surface area contributed by atoms with E-state index in [-0.39, 0.29) is 44.5 Å². The van der Waals surface area contributed by atoms with Crippen molar-refractivity contribution < 1.29 is 29.0 Å². The minimum absolute atomic E-state index is 0.0446. The summed E-state index contributed by atoms with van der Waals surface area (Å²) in [4.78, 5) is 37.5. The van der Waals surface area contributed by atoms with Crippen molar-refractivity contribution in [3.8, 4) is 11.1 Å². The SMILES string of the molecule is CC(C)C[C@@H](NC(=O)C1(NC(=O)OCC2c3ccccc3-c3ccccc32)CCOC1)C(=O)O. The Bertz CT molecular complexity index is 1030. The number of nitrogens with one attached hydrogen (secondary N) is 2. The molecule has 0 spiro atoms. The molecule has 1 aliphatic heterocycles. The average Bonchev–Trinajstić information content (AvgIpc) is 3.40. The third kappa shape index (κ3) is 4.77. The van der Waals surface area contributed by atoms with E-state index in [1.165, 1.54) is 0 Å². The zero-order valence-corrected chi connectivity index (χ0v) is 19.4. The molecule has 1 heterocycles. The van der Waals surface area contributed by atoms with E-state index in [0.29, 0.717) is 0 Å². The second kappa shape index (κ2) is 9.85. The number of carbonyl (C=O) groups is 3. The van der Waals surface area contributed by atoms with Gasteiger partial charge in [-0.05, 0) is 34.6 Å². The van der Waals surface area contributed by atoms with Gasteiger partial charge in [-0.3, -0.25) is 4.79 Å². The molecular formula is C26H30N2O6. The van der Waals surface area contributed by atoms with Crippen molar-refractivity contribution in [2.24, 2.45) is 5.92 Å². The first-order valence-electron chi connectivity index (χ1n) is 11.6. The molecule has 2 aromatic rings. The summed E-state index contributed by atoms with van der Waals surface area (Å²) in [6.07, 6.45) is -0.224. The third-order valence-electron chi connectivity index (χ3n) is 6.45. The predicted octanol–water partition coefficient (Wildman–Crippen LogP) is 3.30. The highest BCUT2D eigenvalue weighted by Crippen LogP contribution is 2.44. The molecule has 1 saturated heterocycles. The van der Waals surface area contributed by atoms with Gasteiger partial charge in [0.15, 0.2) is 0 Å². The van der Waals surface area contributed by atoms with Crippen LogP contribution in [0.3, 0.4) is 0 Å². The third-order valence-corrected chi connectivity index (χ3v) is 6.45. The second-order valence-corrected chi connectivity index (χ2v) is 9.33. The van der Waals surface area contributed by atoms with Crippen molar-refractivity contribution in [2.75, 3.05) is 19.8 Å². The molecule has 8 nitrogen and oxygen atoms in total. The van der Waals surface area contributed by atoms with E-state index in [4.69, 9.17) is 9.47 Å². The zero-order valence-electron chi connectivity index (χ0n) is 19.4. The highest BCUT2D eigenvalue weighted by molar-refractivity contribution is 5.93. The Kier molecular flexibility index (Phi) is 6.88. The largest absolute Gasteiger partial charge is 0.480 e. The second-order valence-electron chi connectivity index (χ2n) is 9.33. The highest BCUT2D eigenvalue weighted by atomic mass is 16.6. The number of rotatable bonds is 8. The minimum Gasteiger partial charge on any atom is -0.480 e. The van der Waals surface area contributed by atoms with Gasteiger partial charge in [0.2, 0.25) is 5.91 Å². The summed E-state index contributed by atoms with van der Waals surface area (Å²) < 4.78 is 11.0. The zero-order chi connectivity index (χ0) is 24.3. The van der Waals surface area contributed by atoms with E-state index in [0.717, 1.165) is 22.3 Å². The number of benzene rings is 2. The first-order chi connectivity index (χ1) is 16.3. The topological polar surface area (TPSA) is 114 Å². The van der Waals surface area contributed by atoms with Gasteiger partial charge in [-0.15, -0.1) is 0 Å². The molecule has 2 amide bonds. The molecule has 0 radical (unpaired) electrons. The van der Waals surface area contributed by atoms with Crippen molar-refractivity contribution in [3.63, 3.8) is 0 Å². The van der Waals surface area contributed by atoms with Crippen LogP contribution in [-0.4, -0.2) is 54.5 Å². The van der Waals surface area contributed by atoms with Crippen molar-refractivity contribution in [1.82, 2.24) is 10.6 Å². The smallest absolute Gasteiger partial charge is 0.408 e. The summed E-state index contributed by atoms with van der Waals surface area (Å²) in [7, 11) is 0. The molecule has 2 aromatic carbocycles. The van der Waals surface area contributed by atoms with Crippen LogP contribution in [0.1, 0.15) is 43.7 Å². The molecule has 1 aliphatic carbocycles. The highest BCUT2D eigenvalue weighted by Gasteiger charge is 2.45. The van der Waals surface area contributed by atoms with Gasteiger partial charge in [0.05, 0.1) is 6.61 Å². The van der Waals surface area contributed by atoms with Crippen LogP contribution in [0.2, 0.25) is 0 Å². The lowest BCUT2D eigenvalue weighted by atomic mass is 9.96. The van der Waals surface area contributed by atoms with E-state index in [1.807, 2.05) is 50.2 Å². The van der Waals surface area contributed by atoms with Gasteiger partial charge in [0.1, 0.15) is 18.2 Å². The number of alkyl carbamates (subject to hydrolysis) is 1. The predicted molar refractivity (Wildman–Crippen MR) is 125 cm³/mol. The van der Waals surface area contributed by atoms with E-state index < -0.39 is 29.6 Å². The molecule has 180 valence electrons. The lowest BCUT2D eigenvalue weighted by molar-refractivity contribution is -0.143. The fourth-order valence-corrected chi connectivity index (χ4v) is 4.72. The fourth-order valence-electron chi connectivity index (χ4n) is 4.72. The number of fused-ring (bicyclic) bond motifs is 3. The van der Waals surface area contributed by atoms with Crippen LogP contribution in [0.5, 0.6) is 0 Å². The standard InChI is InChI=1S/C26H30N2O6/c1-16(2)13-22(23(29)30)27-24(31)26(11-12-33-15-26)28-25(32)34-14-21-19-9-5-3-7-17(19)18-8-4-6-10-20(18)21/h3-10,16,21-22H,11-15H2,1-2H3,(H,27,31)(H,28,32)(H,29,30)/t22-,26?/m1/s1. The van der Waals surface area contributed by atoms with Crippen LogP contribution in [0.15, 0.2) is 48.5 Å². The number of carboxylic acid groups (broad SMARTS) is 1. The molecule has 4 rings (SSSR count). The normalized spacial score (nSPS) is 19.9. The number of amides is 2. The van der Waals surface area contributed by atoms with Gasteiger partial charge in [0, 0.05) is 18.9 Å². The van der Waals surface area contributed by atoms with E-state index in [1.54, 1.807) is 0 Å². The summed E-state index contributed by atoms with van der Waals surface area (Å²) >= 11 is 0. The lowest BCUT2D eigenvalue weighted by Crippen LogP contribution is -2.62. The van der Waals surface area contributed by atoms with Crippen molar-refractivity contribution in [2.45, 2.75) is 44.2 Å². The average molecular weight is 467 g/mol. The van der Waals surface area contributed by atoms with Gasteiger partial charge in [-0.25, -0.2) is 9.59 Å². The van der Waals surface area contributed by atoms with Crippen LogP contribution in [-0.2, 0) is 19.1 Å². The first-order valence-corrected chi connectivity index (χ1v) is 11.6. The number of ether oxygens (including phenoxy) is 2. The van der Waals surface area contributed by atoms with Gasteiger partial charge in [-0.2, -0.15) is 0 Å². The van der Waals surface area contributed by atoms with Crippen LogP contribution in [0.4, 0.5) is 4.79 Å².